The number of aromatic nitrogens is 3. The predicted molar refractivity (Wildman–Crippen MR) is 148 cm³/mol. The molecule has 2 aromatic heterocycles. The number of morpholine rings is 1. The normalized spacial score (nSPS) is 16.0. The van der Waals surface area contributed by atoms with E-state index in [1.54, 1.807) is 54.2 Å². The largest absolute Gasteiger partial charge is 0.417 e. The molecule has 1 aliphatic heterocycles. The van der Waals surface area contributed by atoms with Gasteiger partial charge in [-0.1, -0.05) is 30.0 Å². The first kappa shape index (κ1) is 25.3. The Kier molecular flexibility index (Phi) is 7.12. The molecule has 1 aliphatic carbocycles. The van der Waals surface area contributed by atoms with E-state index in [1.807, 2.05) is 18.2 Å². The van der Waals surface area contributed by atoms with Crippen molar-refractivity contribution in [2.24, 2.45) is 0 Å². The summed E-state index contributed by atoms with van der Waals surface area (Å²) in [6.07, 6.45) is 2.57. The van der Waals surface area contributed by atoms with E-state index < -0.39 is 6.09 Å². The van der Waals surface area contributed by atoms with Crippen molar-refractivity contribution in [1.29, 1.82) is 0 Å². The van der Waals surface area contributed by atoms with Crippen molar-refractivity contribution in [3.05, 3.63) is 90.5 Å². The highest BCUT2D eigenvalue weighted by molar-refractivity contribution is 8.00. The highest BCUT2D eigenvalue weighted by Crippen LogP contribution is 2.59. The van der Waals surface area contributed by atoms with Crippen molar-refractivity contribution in [2.75, 3.05) is 36.5 Å². The molecule has 0 radical (unpaired) electrons. The van der Waals surface area contributed by atoms with Gasteiger partial charge in [0, 0.05) is 30.4 Å². The van der Waals surface area contributed by atoms with Crippen molar-refractivity contribution < 1.29 is 18.7 Å². The van der Waals surface area contributed by atoms with Crippen LogP contribution in [0.15, 0.2) is 84.0 Å². The molecule has 8 nitrogen and oxygen atoms in total. The fraction of sp³-hybridized carbons (Fsp3) is 0.241. The lowest BCUT2D eigenvalue weighted by molar-refractivity contribution is 0.122. The van der Waals surface area contributed by atoms with Gasteiger partial charge in [-0.15, -0.1) is 0 Å². The summed E-state index contributed by atoms with van der Waals surface area (Å²) in [5.41, 5.74) is 2.36. The van der Waals surface area contributed by atoms with Crippen LogP contribution in [0.4, 0.5) is 20.7 Å². The summed E-state index contributed by atoms with van der Waals surface area (Å²) in [7, 11) is 0. The topological polar surface area (TPSA) is 89.5 Å². The van der Waals surface area contributed by atoms with E-state index in [1.165, 1.54) is 12.3 Å². The number of halogens is 1. The Labute approximate surface area is 229 Å². The number of rotatable bonds is 7. The number of carbonyl (C=O) groups is 1. The quantitative estimate of drug-likeness (QED) is 0.308. The summed E-state index contributed by atoms with van der Waals surface area (Å²) >= 11 is 1.62. The minimum Gasteiger partial charge on any atom is -0.410 e. The van der Waals surface area contributed by atoms with Crippen LogP contribution in [0.2, 0.25) is 0 Å². The molecule has 0 spiro atoms. The number of benzene rings is 2. The lowest BCUT2D eigenvalue weighted by Gasteiger charge is -2.29. The Morgan fingerprint density at radius 3 is 2.46 bits per heavy atom. The number of carbonyl (C=O) groups excluding carboxylic acids is 1. The minimum absolute atomic E-state index is 0.230. The van der Waals surface area contributed by atoms with Crippen LogP contribution < -0.4 is 15.0 Å². The Bertz CT molecular complexity index is 1440. The minimum atomic E-state index is -0.566. The van der Waals surface area contributed by atoms with Crippen LogP contribution in [0.1, 0.15) is 18.5 Å². The summed E-state index contributed by atoms with van der Waals surface area (Å²) in [6, 6.07) is 21.5. The number of nitrogens with zero attached hydrogens (tertiary/aromatic N) is 4. The number of hydrogen-bond donors (Lipinski definition) is 1. The number of amides is 1. The molecule has 2 aromatic carbocycles. The maximum atomic E-state index is 13.4. The van der Waals surface area contributed by atoms with Gasteiger partial charge in [-0.25, -0.2) is 24.1 Å². The highest BCUT2D eigenvalue weighted by atomic mass is 32.2. The van der Waals surface area contributed by atoms with Gasteiger partial charge in [-0.2, -0.15) is 0 Å². The molecular weight excluding hydrogens is 517 g/mol. The van der Waals surface area contributed by atoms with Crippen LogP contribution in [0.5, 0.6) is 5.75 Å². The molecule has 0 bridgehead atoms. The van der Waals surface area contributed by atoms with Crippen LogP contribution in [-0.2, 0) is 9.48 Å². The van der Waals surface area contributed by atoms with Gasteiger partial charge in [0.05, 0.1) is 34.9 Å². The molecule has 1 amide bonds. The van der Waals surface area contributed by atoms with Gasteiger partial charge >= 0.3 is 6.09 Å². The maximum Gasteiger partial charge on any atom is 0.417 e. The second-order valence-corrected chi connectivity index (χ2v) is 10.8. The maximum absolute atomic E-state index is 13.4. The average Bonchev–Trinajstić information content (AvgIpc) is 3.76. The lowest BCUT2D eigenvalue weighted by atomic mass is 10.1. The van der Waals surface area contributed by atoms with Gasteiger partial charge < -0.3 is 14.4 Å². The average molecular weight is 544 g/mol. The van der Waals surface area contributed by atoms with Gasteiger partial charge in [0.1, 0.15) is 17.4 Å². The van der Waals surface area contributed by atoms with Gasteiger partial charge in [-0.05, 0) is 61.4 Å². The third kappa shape index (κ3) is 6.02. The molecule has 1 saturated carbocycles. The van der Waals surface area contributed by atoms with Crippen molar-refractivity contribution in [2.45, 2.75) is 22.6 Å². The molecule has 1 N–H and O–H groups in total. The van der Waals surface area contributed by atoms with E-state index in [4.69, 9.17) is 19.4 Å². The Morgan fingerprint density at radius 2 is 1.77 bits per heavy atom. The zero-order valence-electron chi connectivity index (χ0n) is 21.0. The van der Waals surface area contributed by atoms with Crippen LogP contribution in [-0.4, -0.2) is 47.3 Å². The molecular formula is C29H26FN5O3S. The number of ether oxygens (including phenoxy) is 2. The van der Waals surface area contributed by atoms with Gasteiger partial charge in [-0.3, -0.25) is 5.32 Å². The first-order valence-electron chi connectivity index (χ1n) is 12.7. The summed E-state index contributed by atoms with van der Waals surface area (Å²) in [4.78, 5) is 28.6. The molecule has 2 fully saturated rings. The number of anilines is 2. The molecule has 0 unspecified atom stereocenters. The lowest BCUT2D eigenvalue weighted by Crippen LogP contribution is -2.37. The van der Waals surface area contributed by atoms with Crippen LogP contribution >= 0.6 is 11.8 Å². The number of thioether (sulfide) groups is 1. The van der Waals surface area contributed by atoms with Crippen LogP contribution in [0.25, 0.3) is 11.4 Å². The second-order valence-electron chi connectivity index (χ2n) is 9.35. The summed E-state index contributed by atoms with van der Waals surface area (Å²) in [5, 5.41) is 3.51. The Morgan fingerprint density at radius 1 is 1.00 bits per heavy atom. The monoisotopic (exact) mass is 543 g/mol. The summed E-state index contributed by atoms with van der Waals surface area (Å²) < 4.78 is 24.0. The molecule has 1 saturated heterocycles. The highest BCUT2D eigenvalue weighted by Gasteiger charge is 2.48. The SMILES string of the molecule is O=C(Nc1ccc(-c2nc(N3CCOCC3)cc(C3(Sc4ccc(F)cn4)CC3)n2)cc1)Oc1ccccc1. The predicted octanol–water partition coefficient (Wildman–Crippen LogP) is 5.91. The van der Waals surface area contributed by atoms with Crippen LogP contribution in [0, 0.1) is 5.82 Å². The van der Waals surface area contributed by atoms with E-state index in [0.717, 1.165) is 48.0 Å². The van der Waals surface area contributed by atoms with Gasteiger partial charge in [0.15, 0.2) is 5.82 Å². The second kappa shape index (κ2) is 11.0. The molecule has 0 atom stereocenters. The first-order chi connectivity index (χ1) is 19.1. The van der Waals surface area contributed by atoms with Crippen molar-refractivity contribution in [3.8, 4) is 17.1 Å². The first-order valence-corrected chi connectivity index (χ1v) is 13.6. The van der Waals surface area contributed by atoms with Crippen molar-refractivity contribution >= 4 is 29.4 Å². The molecule has 4 aromatic rings. The van der Waals surface area contributed by atoms with E-state index >= 15 is 0 Å². The van der Waals surface area contributed by atoms with Crippen molar-refractivity contribution in [1.82, 2.24) is 15.0 Å². The molecule has 6 rings (SSSR count). The standard InChI is InChI=1S/C29H26FN5O3S/c30-21-8-11-26(31-19-21)39-29(12-13-29)24-18-25(35-14-16-37-17-15-35)34-27(33-24)20-6-9-22(10-7-20)32-28(36)38-23-4-2-1-3-5-23/h1-11,18-19H,12-17H2,(H,32,36). The summed E-state index contributed by atoms with van der Waals surface area (Å²) in [5.74, 6) is 1.57. The molecule has 3 heterocycles. The Balaban J connectivity index is 1.26. The number of para-hydroxylation sites is 1. The van der Waals surface area contributed by atoms with Gasteiger partial charge in [0.25, 0.3) is 0 Å². The van der Waals surface area contributed by atoms with Crippen LogP contribution in [0.3, 0.4) is 0 Å². The Hall–Kier alpha value is -4.02. The zero-order valence-corrected chi connectivity index (χ0v) is 21.9. The number of pyridine rings is 1. The fourth-order valence-electron chi connectivity index (χ4n) is 4.34. The fourth-order valence-corrected chi connectivity index (χ4v) is 5.50. The smallest absolute Gasteiger partial charge is 0.410 e. The third-order valence-electron chi connectivity index (χ3n) is 6.56. The summed E-state index contributed by atoms with van der Waals surface area (Å²) in [6.45, 7) is 2.80. The molecule has 2 aliphatic rings. The molecule has 39 heavy (non-hydrogen) atoms. The third-order valence-corrected chi connectivity index (χ3v) is 8.02. The van der Waals surface area contributed by atoms with Crippen molar-refractivity contribution in [3.63, 3.8) is 0 Å². The van der Waals surface area contributed by atoms with E-state index in [0.29, 0.717) is 30.5 Å². The zero-order chi connectivity index (χ0) is 26.7. The van der Waals surface area contributed by atoms with E-state index in [9.17, 15) is 9.18 Å². The molecule has 198 valence electrons. The van der Waals surface area contributed by atoms with E-state index in [2.05, 4.69) is 21.3 Å². The van der Waals surface area contributed by atoms with E-state index in [-0.39, 0.29) is 10.6 Å². The molecule has 10 heteroatoms. The van der Waals surface area contributed by atoms with Gasteiger partial charge in [0.2, 0.25) is 0 Å². The number of nitrogens with one attached hydrogen (secondary N) is 1. The number of hydrogen-bond acceptors (Lipinski definition) is 8.